The summed E-state index contributed by atoms with van der Waals surface area (Å²) in [6, 6.07) is -0.198. The lowest BCUT2D eigenvalue weighted by molar-refractivity contribution is -0.121. The lowest BCUT2D eigenvalue weighted by Crippen LogP contribution is -2.44. The second-order valence-corrected chi connectivity index (χ2v) is 7.19. The van der Waals surface area contributed by atoms with Crippen molar-refractivity contribution in [3.8, 4) is 0 Å². The fourth-order valence-corrected chi connectivity index (χ4v) is 3.61. The van der Waals surface area contributed by atoms with Crippen molar-refractivity contribution in [2.24, 2.45) is 7.05 Å². The Hall–Kier alpha value is -1.73. The molecule has 0 radical (unpaired) electrons. The molecule has 0 aromatic carbocycles. The third-order valence-electron chi connectivity index (χ3n) is 4.43. The number of anilines is 1. The summed E-state index contributed by atoms with van der Waals surface area (Å²) in [6.45, 7) is 7.87. The predicted molar refractivity (Wildman–Crippen MR) is 91.6 cm³/mol. The monoisotopic (exact) mass is 333 g/mol. The molecule has 6 nitrogen and oxygen atoms in total. The molecule has 0 bridgehead atoms. The summed E-state index contributed by atoms with van der Waals surface area (Å²) in [7, 11) is 2.09. The van der Waals surface area contributed by atoms with E-state index >= 15 is 0 Å². The SMILES string of the molecule is CC(C)c1nc2c(n1C)CCN(C(C)C(=O)Nc1nccs1)C2. The van der Waals surface area contributed by atoms with Crippen LogP contribution in [0.2, 0.25) is 0 Å². The van der Waals surface area contributed by atoms with E-state index in [1.165, 1.54) is 17.0 Å². The van der Waals surface area contributed by atoms with Crippen LogP contribution in [0.15, 0.2) is 11.6 Å². The van der Waals surface area contributed by atoms with Crippen LogP contribution in [-0.2, 0) is 24.8 Å². The molecular formula is C16H23N5OS. The van der Waals surface area contributed by atoms with E-state index in [0.717, 1.165) is 31.0 Å². The molecule has 2 aromatic rings. The maximum Gasteiger partial charge on any atom is 0.243 e. The Morgan fingerprint density at radius 3 is 2.83 bits per heavy atom. The highest BCUT2D eigenvalue weighted by Crippen LogP contribution is 2.24. The van der Waals surface area contributed by atoms with Gasteiger partial charge in [0, 0.05) is 49.7 Å². The second kappa shape index (κ2) is 6.41. The van der Waals surface area contributed by atoms with Gasteiger partial charge in [0.1, 0.15) is 5.82 Å². The third-order valence-corrected chi connectivity index (χ3v) is 5.11. The highest BCUT2D eigenvalue weighted by Gasteiger charge is 2.29. The Morgan fingerprint density at radius 1 is 1.39 bits per heavy atom. The van der Waals surface area contributed by atoms with E-state index in [9.17, 15) is 4.79 Å². The Labute approximate surface area is 140 Å². The summed E-state index contributed by atoms with van der Waals surface area (Å²) in [6.07, 6.45) is 2.62. The number of imidazole rings is 1. The summed E-state index contributed by atoms with van der Waals surface area (Å²) in [5, 5.41) is 5.39. The third kappa shape index (κ3) is 3.16. The molecule has 3 heterocycles. The van der Waals surface area contributed by atoms with Crippen LogP contribution >= 0.6 is 11.3 Å². The van der Waals surface area contributed by atoms with Gasteiger partial charge in [0.05, 0.1) is 11.7 Å². The van der Waals surface area contributed by atoms with Gasteiger partial charge >= 0.3 is 0 Å². The molecule has 0 saturated carbocycles. The molecule has 0 spiro atoms. The minimum Gasteiger partial charge on any atom is -0.335 e. The minimum atomic E-state index is -0.198. The molecule has 1 unspecified atom stereocenters. The average molecular weight is 333 g/mol. The zero-order valence-corrected chi connectivity index (χ0v) is 14.9. The summed E-state index contributed by atoms with van der Waals surface area (Å²) in [4.78, 5) is 23.5. The molecule has 1 atom stereocenters. The van der Waals surface area contributed by atoms with Crippen LogP contribution in [0.3, 0.4) is 0 Å². The second-order valence-electron chi connectivity index (χ2n) is 6.30. The van der Waals surface area contributed by atoms with E-state index in [1.54, 1.807) is 6.20 Å². The molecule has 124 valence electrons. The van der Waals surface area contributed by atoms with Gasteiger partial charge in [0.25, 0.3) is 0 Å². The first-order valence-corrected chi connectivity index (χ1v) is 8.84. The van der Waals surface area contributed by atoms with Crippen molar-refractivity contribution >= 4 is 22.4 Å². The molecule has 0 saturated heterocycles. The van der Waals surface area contributed by atoms with Gasteiger partial charge in [0.15, 0.2) is 5.13 Å². The first kappa shape index (κ1) is 16.1. The largest absolute Gasteiger partial charge is 0.335 e. The van der Waals surface area contributed by atoms with Crippen molar-refractivity contribution in [1.29, 1.82) is 0 Å². The number of amides is 1. The predicted octanol–water partition coefficient (Wildman–Crippen LogP) is 2.39. The van der Waals surface area contributed by atoms with E-state index in [0.29, 0.717) is 11.0 Å². The Kier molecular flexibility index (Phi) is 4.50. The van der Waals surface area contributed by atoms with Crippen molar-refractivity contribution in [2.75, 3.05) is 11.9 Å². The van der Waals surface area contributed by atoms with Gasteiger partial charge in [-0.25, -0.2) is 9.97 Å². The van der Waals surface area contributed by atoms with Crippen LogP contribution in [-0.4, -0.2) is 37.9 Å². The Morgan fingerprint density at radius 2 is 2.17 bits per heavy atom. The van der Waals surface area contributed by atoms with Gasteiger partial charge in [-0.15, -0.1) is 11.3 Å². The normalized spacial score (nSPS) is 16.4. The molecule has 0 fully saturated rings. The smallest absolute Gasteiger partial charge is 0.243 e. The number of nitrogens with one attached hydrogen (secondary N) is 1. The summed E-state index contributed by atoms with van der Waals surface area (Å²) >= 11 is 1.44. The number of carbonyl (C=O) groups is 1. The van der Waals surface area contributed by atoms with Crippen molar-refractivity contribution in [3.05, 3.63) is 28.8 Å². The molecule has 2 aromatic heterocycles. The number of nitrogens with zero attached hydrogens (tertiary/aromatic N) is 4. The number of aromatic nitrogens is 3. The van der Waals surface area contributed by atoms with Crippen LogP contribution < -0.4 is 5.32 Å². The van der Waals surface area contributed by atoms with E-state index < -0.39 is 0 Å². The fraction of sp³-hybridized carbons (Fsp3) is 0.562. The zero-order chi connectivity index (χ0) is 16.6. The minimum absolute atomic E-state index is 0.0107. The molecule has 3 rings (SSSR count). The van der Waals surface area contributed by atoms with Crippen molar-refractivity contribution in [1.82, 2.24) is 19.4 Å². The van der Waals surface area contributed by atoms with Gasteiger partial charge in [-0.1, -0.05) is 13.8 Å². The lowest BCUT2D eigenvalue weighted by Gasteiger charge is -2.31. The van der Waals surface area contributed by atoms with Crippen molar-refractivity contribution in [2.45, 2.75) is 45.7 Å². The summed E-state index contributed by atoms with van der Waals surface area (Å²) in [5.41, 5.74) is 2.41. The van der Waals surface area contributed by atoms with Crippen LogP contribution in [0, 0.1) is 0 Å². The quantitative estimate of drug-likeness (QED) is 0.933. The van der Waals surface area contributed by atoms with Gasteiger partial charge in [0.2, 0.25) is 5.91 Å². The van der Waals surface area contributed by atoms with E-state index in [2.05, 4.69) is 40.7 Å². The number of thiazole rings is 1. The van der Waals surface area contributed by atoms with Crippen molar-refractivity contribution in [3.63, 3.8) is 0 Å². The van der Waals surface area contributed by atoms with Crippen LogP contribution in [0.25, 0.3) is 0 Å². The molecule has 7 heteroatoms. The molecule has 1 aliphatic rings. The summed E-state index contributed by atoms with van der Waals surface area (Å²) < 4.78 is 2.22. The van der Waals surface area contributed by atoms with Gasteiger partial charge in [-0.2, -0.15) is 0 Å². The fourth-order valence-electron chi connectivity index (χ4n) is 3.08. The van der Waals surface area contributed by atoms with E-state index in [-0.39, 0.29) is 11.9 Å². The molecular weight excluding hydrogens is 310 g/mol. The van der Waals surface area contributed by atoms with Crippen LogP contribution in [0.4, 0.5) is 5.13 Å². The standard InChI is InChI=1S/C16H23N5OS/c1-10(2)14-18-12-9-21(7-5-13(12)20(14)4)11(3)15(22)19-16-17-6-8-23-16/h6,8,10-11H,5,7,9H2,1-4H3,(H,17,19,22). The molecule has 23 heavy (non-hydrogen) atoms. The maximum absolute atomic E-state index is 12.4. The zero-order valence-electron chi connectivity index (χ0n) is 14.0. The van der Waals surface area contributed by atoms with Gasteiger partial charge < -0.3 is 9.88 Å². The molecule has 1 aliphatic heterocycles. The number of carbonyl (C=O) groups excluding carboxylic acids is 1. The first-order valence-electron chi connectivity index (χ1n) is 7.96. The number of hydrogen-bond donors (Lipinski definition) is 1. The molecule has 1 N–H and O–H groups in total. The Bertz CT molecular complexity index is 692. The highest BCUT2D eigenvalue weighted by atomic mass is 32.1. The van der Waals surface area contributed by atoms with Gasteiger partial charge in [-0.3, -0.25) is 9.69 Å². The van der Waals surface area contributed by atoms with Crippen LogP contribution in [0.1, 0.15) is 43.9 Å². The average Bonchev–Trinajstić information content (AvgIpc) is 3.14. The number of rotatable bonds is 4. The summed E-state index contributed by atoms with van der Waals surface area (Å²) in [5.74, 6) is 1.52. The molecule has 1 amide bonds. The highest BCUT2D eigenvalue weighted by molar-refractivity contribution is 7.13. The first-order chi connectivity index (χ1) is 11.0. The molecule has 0 aliphatic carbocycles. The number of hydrogen-bond acceptors (Lipinski definition) is 5. The number of fused-ring (bicyclic) bond motifs is 1. The Balaban J connectivity index is 1.71. The van der Waals surface area contributed by atoms with Crippen molar-refractivity contribution < 1.29 is 4.79 Å². The van der Waals surface area contributed by atoms with E-state index in [1.807, 2.05) is 12.3 Å². The maximum atomic E-state index is 12.4. The van der Waals surface area contributed by atoms with Gasteiger partial charge in [-0.05, 0) is 6.92 Å². The lowest BCUT2D eigenvalue weighted by atomic mass is 10.1. The van der Waals surface area contributed by atoms with E-state index in [4.69, 9.17) is 4.98 Å². The topological polar surface area (TPSA) is 63.1 Å². The van der Waals surface area contributed by atoms with Crippen LogP contribution in [0.5, 0.6) is 0 Å².